The molecule has 1 aliphatic rings. The van der Waals surface area contributed by atoms with Gasteiger partial charge in [0.25, 0.3) is 0 Å². The lowest BCUT2D eigenvalue weighted by molar-refractivity contribution is 0.385. The first-order valence-electron chi connectivity index (χ1n) is 6.08. The van der Waals surface area contributed by atoms with Crippen molar-refractivity contribution in [2.24, 2.45) is 5.92 Å². The van der Waals surface area contributed by atoms with Crippen LogP contribution in [0.4, 0.5) is 0 Å². The van der Waals surface area contributed by atoms with Crippen molar-refractivity contribution in [3.05, 3.63) is 29.6 Å². The Morgan fingerprint density at radius 1 is 1.07 bits per heavy atom. The van der Waals surface area contributed by atoms with Crippen LogP contribution in [0.15, 0.2) is 18.3 Å². The molecule has 0 atom stereocenters. The Morgan fingerprint density at radius 2 is 1.73 bits per heavy atom. The van der Waals surface area contributed by atoms with Crippen molar-refractivity contribution in [1.82, 2.24) is 4.98 Å². The highest BCUT2D eigenvalue weighted by Crippen LogP contribution is 2.22. The van der Waals surface area contributed by atoms with Gasteiger partial charge in [0.2, 0.25) is 0 Å². The molecule has 1 aromatic heterocycles. The highest BCUT2D eigenvalue weighted by atomic mass is 14.6. The molecule has 0 bridgehead atoms. The maximum atomic E-state index is 4.08. The third kappa shape index (κ3) is 5.56. The second-order valence-corrected chi connectivity index (χ2v) is 4.72. The summed E-state index contributed by atoms with van der Waals surface area (Å²) in [7, 11) is 0. The summed E-state index contributed by atoms with van der Waals surface area (Å²) in [6, 6.07) is 4.07. The minimum atomic E-state index is 1.04. The molecule has 1 aliphatic carbocycles. The van der Waals surface area contributed by atoms with Gasteiger partial charge < -0.3 is 0 Å². The van der Waals surface area contributed by atoms with Crippen LogP contribution in [0.1, 0.15) is 50.3 Å². The fourth-order valence-corrected chi connectivity index (χ4v) is 1.85. The van der Waals surface area contributed by atoms with E-state index in [4.69, 9.17) is 0 Å². The monoisotopic (exact) mass is 205 g/mol. The highest BCUT2D eigenvalue weighted by molar-refractivity contribution is 5.10. The van der Waals surface area contributed by atoms with Crippen LogP contribution in [0.5, 0.6) is 0 Å². The largest absolute Gasteiger partial charge is 0.261 e. The second-order valence-electron chi connectivity index (χ2n) is 4.72. The quantitative estimate of drug-likeness (QED) is 0.616. The van der Waals surface area contributed by atoms with Crippen molar-refractivity contribution >= 4 is 0 Å². The summed E-state index contributed by atoms with van der Waals surface area (Å²) >= 11 is 0. The van der Waals surface area contributed by atoms with E-state index in [1.807, 2.05) is 26.1 Å². The van der Waals surface area contributed by atoms with Gasteiger partial charge in [-0.15, -0.1) is 0 Å². The van der Waals surface area contributed by atoms with Crippen LogP contribution < -0.4 is 0 Å². The molecule has 0 amide bonds. The van der Waals surface area contributed by atoms with Gasteiger partial charge in [0, 0.05) is 11.9 Å². The maximum absolute atomic E-state index is 4.08. The lowest BCUT2D eigenvalue weighted by Gasteiger charge is -2.15. The van der Waals surface area contributed by atoms with Crippen molar-refractivity contribution in [2.75, 3.05) is 0 Å². The Kier molecular flexibility index (Phi) is 5.38. The van der Waals surface area contributed by atoms with Gasteiger partial charge in [-0.3, -0.25) is 4.98 Å². The van der Waals surface area contributed by atoms with E-state index in [0.717, 1.165) is 11.6 Å². The molecule has 0 unspecified atom stereocenters. The van der Waals surface area contributed by atoms with Gasteiger partial charge in [0.05, 0.1) is 0 Å². The van der Waals surface area contributed by atoms with Crippen LogP contribution in [0.2, 0.25) is 0 Å². The number of pyridine rings is 1. The molecule has 1 nitrogen and oxygen atoms in total. The maximum Gasteiger partial charge on any atom is 0.0372 e. The summed E-state index contributed by atoms with van der Waals surface area (Å²) in [6.07, 6.45) is 9.31. The number of rotatable bonds is 0. The topological polar surface area (TPSA) is 12.9 Å². The van der Waals surface area contributed by atoms with Gasteiger partial charge in [-0.25, -0.2) is 0 Å². The summed E-state index contributed by atoms with van der Waals surface area (Å²) in [5, 5.41) is 0. The molecule has 0 radical (unpaired) electrons. The zero-order valence-corrected chi connectivity index (χ0v) is 10.3. The van der Waals surface area contributed by atoms with Gasteiger partial charge in [0.15, 0.2) is 0 Å². The smallest absolute Gasteiger partial charge is 0.0372 e. The average Bonchev–Trinajstić information content (AvgIpc) is 2.25. The average molecular weight is 205 g/mol. The first-order chi connectivity index (χ1) is 7.18. The summed E-state index contributed by atoms with van der Waals surface area (Å²) < 4.78 is 0. The Balaban J connectivity index is 0.000000151. The minimum absolute atomic E-state index is 1.04. The molecule has 1 fully saturated rings. The van der Waals surface area contributed by atoms with E-state index in [-0.39, 0.29) is 0 Å². The molecule has 84 valence electrons. The van der Waals surface area contributed by atoms with E-state index >= 15 is 0 Å². The molecule has 0 saturated heterocycles. The molecule has 2 rings (SSSR count). The summed E-state index contributed by atoms with van der Waals surface area (Å²) in [5.41, 5.74) is 2.30. The van der Waals surface area contributed by atoms with Crippen LogP contribution in [-0.4, -0.2) is 4.98 Å². The summed E-state index contributed by atoms with van der Waals surface area (Å²) in [4.78, 5) is 4.08. The highest BCUT2D eigenvalue weighted by Gasteiger charge is 2.05. The molecule has 0 aromatic carbocycles. The van der Waals surface area contributed by atoms with Crippen molar-refractivity contribution < 1.29 is 0 Å². The molecular weight excluding hydrogens is 182 g/mol. The van der Waals surface area contributed by atoms with E-state index in [1.165, 1.54) is 37.7 Å². The van der Waals surface area contributed by atoms with Gasteiger partial charge in [-0.05, 0) is 31.4 Å². The molecule has 0 spiro atoms. The fraction of sp³-hybridized carbons (Fsp3) is 0.643. The number of nitrogens with zero attached hydrogens (tertiary/aromatic N) is 1. The summed E-state index contributed by atoms with van der Waals surface area (Å²) in [5.74, 6) is 1.04. The molecule has 1 aromatic rings. The van der Waals surface area contributed by atoms with E-state index in [0.29, 0.717) is 0 Å². The van der Waals surface area contributed by atoms with Gasteiger partial charge in [-0.2, -0.15) is 0 Å². The molecular formula is C14H23N. The van der Waals surface area contributed by atoms with E-state index in [9.17, 15) is 0 Å². The van der Waals surface area contributed by atoms with Crippen molar-refractivity contribution in [3.8, 4) is 0 Å². The molecule has 1 saturated carbocycles. The number of aryl methyl sites for hydroxylation is 2. The zero-order valence-electron chi connectivity index (χ0n) is 10.3. The molecule has 1 heteroatoms. The third-order valence-corrected chi connectivity index (χ3v) is 2.95. The Bertz CT molecular complexity index is 236. The molecule has 1 heterocycles. The predicted octanol–water partition coefficient (Wildman–Crippen LogP) is 4.29. The van der Waals surface area contributed by atoms with Crippen molar-refractivity contribution in [2.45, 2.75) is 52.9 Å². The molecule has 0 N–H and O–H groups in total. The van der Waals surface area contributed by atoms with Crippen LogP contribution >= 0.6 is 0 Å². The standard InChI is InChI=1S/C7H9N.C7H14/c1-6-3-4-7(2)8-5-6;1-7-5-3-2-4-6-7/h3-5H,1-2H3;7H,2-6H2,1H3. The Labute approximate surface area is 93.9 Å². The fourth-order valence-electron chi connectivity index (χ4n) is 1.85. The van der Waals surface area contributed by atoms with Crippen LogP contribution in [0.3, 0.4) is 0 Å². The first kappa shape index (κ1) is 12.2. The molecule has 15 heavy (non-hydrogen) atoms. The van der Waals surface area contributed by atoms with Crippen LogP contribution in [-0.2, 0) is 0 Å². The number of hydrogen-bond donors (Lipinski definition) is 0. The first-order valence-corrected chi connectivity index (χ1v) is 6.08. The lowest BCUT2D eigenvalue weighted by atomic mass is 9.91. The third-order valence-electron chi connectivity index (χ3n) is 2.95. The summed E-state index contributed by atoms with van der Waals surface area (Å²) in [6.45, 7) is 6.38. The van der Waals surface area contributed by atoms with Crippen LogP contribution in [0.25, 0.3) is 0 Å². The van der Waals surface area contributed by atoms with Gasteiger partial charge >= 0.3 is 0 Å². The number of hydrogen-bond acceptors (Lipinski definition) is 1. The normalized spacial score (nSPS) is 16.7. The SMILES string of the molecule is CC1CCCCC1.Cc1ccc(C)nc1. The van der Waals surface area contributed by atoms with E-state index < -0.39 is 0 Å². The van der Waals surface area contributed by atoms with Gasteiger partial charge in [0.1, 0.15) is 0 Å². The minimum Gasteiger partial charge on any atom is -0.261 e. The number of aromatic nitrogens is 1. The Morgan fingerprint density at radius 3 is 2.07 bits per heavy atom. The lowest BCUT2D eigenvalue weighted by Crippen LogP contribution is -1.99. The van der Waals surface area contributed by atoms with Crippen molar-refractivity contribution in [1.29, 1.82) is 0 Å². The van der Waals surface area contributed by atoms with E-state index in [2.05, 4.69) is 18.0 Å². The predicted molar refractivity (Wildman–Crippen MR) is 66.0 cm³/mol. The Hall–Kier alpha value is -0.850. The zero-order chi connectivity index (χ0) is 11.1. The second kappa shape index (κ2) is 6.60. The van der Waals surface area contributed by atoms with E-state index in [1.54, 1.807) is 0 Å². The molecule has 0 aliphatic heterocycles. The van der Waals surface area contributed by atoms with Gasteiger partial charge in [-0.1, -0.05) is 45.1 Å². The van der Waals surface area contributed by atoms with Crippen LogP contribution in [0, 0.1) is 19.8 Å². The van der Waals surface area contributed by atoms with Crippen molar-refractivity contribution in [3.63, 3.8) is 0 Å².